The topological polar surface area (TPSA) is 227 Å². The van der Waals surface area contributed by atoms with Crippen LogP contribution < -0.4 is 38.8 Å². The number of nitrogens with zero attached hydrogens (tertiary/aromatic N) is 1. The lowest BCUT2D eigenvalue weighted by Gasteiger charge is -2.05. The zero-order valence-electron chi connectivity index (χ0n) is 21.0. The summed E-state index contributed by atoms with van der Waals surface area (Å²) in [5.41, 5.74) is 16.8. The minimum Gasteiger partial charge on any atom is -0.481 e. The number of benzene rings is 2. The van der Waals surface area contributed by atoms with Gasteiger partial charge in [0.1, 0.15) is 6.29 Å². The van der Waals surface area contributed by atoms with Crippen LogP contribution in [0, 0.1) is 0 Å². The summed E-state index contributed by atoms with van der Waals surface area (Å²) in [5.74, 6) is 3.45. The third kappa shape index (κ3) is 21.9. The molecule has 0 atom stereocenters. The van der Waals surface area contributed by atoms with Gasteiger partial charge in [-0.1, -0.05) is 29.3 Å². The fourth-order valence-corrected chi connectivity index (χ4v) is 2.49. The van der Waals surface area contributed by atoms with Gasteiger partial charge in [0.25, 0.3) is 5.97 Å². The average molecular weight is 620 g/mol. The van der Waals surface area contributed by atoms with Crippen LogP contribution in [0.3, 0.4) is 0 Å². The number of nitrogens with two attached hydrogens (primary N) is 3. The highest BCUT2D eigenvalue weighted by atomic mass is 35.5. The van der Waals surface area contributed by atoms with Gasteiger partial charge in [0.15, 0.2) is 10.2 Å². The Morgan fingerprint density at radius 3 is 1.56 bits per heavy atom. The number of rotatable bonds is 5. The maximum Gasteiger partial charge on any atom is 0.300 e. The molecule has 0 aliphatic rings. The van der Waals surface area contributed by atoms with Gasteiger partial charge in [0.05, 0.1) is 27.6 Å². The lowest BCUT2D eigenvalue weighted by atomic mass is 10.2. The number of carboxylic acids is 1. The molecule has 212 valence electrons. The van der Waals surface area contributed by atoms with Crippen molar-refractivity contribution in [2.45, 2.75) is 20.8 Å². The van der Waals surface area contributed by atoms with Crippen molar-refractivity contribution < 1.29 is 24.3 Å². The number of aliphatic carboxylic acids is 1. The van der Waals surface area contributed by atoms with Gasteiger partial charge in [0.2, 0.25) is 11.8 Å². The Balaban J connectivity index is 0. The minimum atomic E-state index is -0.833. The quantitative estimate of drug-likeness (QED) is 0.0793. The molecule has 2 rings (SSSR count). The fourth-order valence-electron chi connectivity index (χ4n) is 1.97. The largest absolute Gasteiger partial charge is 0.481 e. The van der Waals surface area contributed by atoms with Crippen LogP contribution in [0.15, 0.2) is 41.5 Å². The molecule has 0 saturated carbocycles. The van der Waals surface area contributed by atoms with E-state index in [4.69, 9.17) is 44.6 Å². The van der Waals surface area contributed by atoms with Crippen molar-refractivity contribution in [1.29, 1.82) is 0 Å². The molecule has 0 aliphatic heterocycles. The van der Waals surface area contributed by atoms with E-state index < -0.39 is 5.97 Å². The SMILES string of the molecule is CC(=O)Nc1ccc(/C=N/NC(N)=S)cc1Cl.CC(=O)Nc1ccc(C=O)cc1Cl.CC(=O)O.NNC(N)=S. The third-order valence-corrected chi connectivity index (χ3v) is 4.11. The van der Waals surface area contributed by atoms with Gasteiger partial charge in [-0.15, -0.1) is 0 Å². The summed E-state index contributed by atoms with van der Waals surface area (Å²) in [7, 11) is 0. The number of hydrogen-bond acceptors (Lipinski definition) is 8. The van der Waals surface area contributed by atoms with Gasteiger partial charge in [-0.25, -0.2) is 5.84 Å². The van der Waals surface area contributed by atoms with Gasteiger partial charge >= 0.3 is 0 Å². The van der Waals surface area contributed by atoms with Gasteiger partial charge in [0, 0.05) is 26.3 Å². The van der Waals surface area contributed by atoms with Crippen LogP contribution >= 0.6 is 47.6 Å². The van der Waals surface area contributed by atoms with Crippen molar-refractivity contribution in [2.75, 3.05) is 10.6 Å². The number of thiocarbonyl (C=S) groups is 2. The van der Waals surface area contributed by atoms with E-state index in [0.717, 1.165) is 12.5 Å². The van der Waals surface area contributed by atoms with Crippen LogP contribution in [0.1, 0.15) is 36.7 Å². The number of carbonyl (C=O) groups is 4. The second-order valence-electron chi connectivity index (χ2n) is 6.72. The highest BCUT2D eigenvalue weighted by molar-refractivity contribution is 7.80. The predicted octanol–water partition coefficient (Wildman–Crippen LogP) is 2.36. The van der Waals surface area contributed by atoms with Gasteiger partial charge in [-0.3, -0.25) is 24.6 Å². The zero-order valence-corrected chi connectivity index (χ0v) is 24.1. The molecule has 17 heteroatoms. The van der Waals surface area contributed by atoms with Crippen molar-refractivity contribution in [3.05, 3.63) is 57.6 Å². The first-order chi connectivity index (χ1) is 18.1. The van der Waals surface area contributed by atoms with Gasteiger partial charge in [-0.2, -0.15) is 5.10 Å². The summed E-state index contributed by atoms with van der Waals surface area (Å²) in [6, 6.07) is 9.78. The summed E-state index contributed by atoms with van der Waals surface area (Å²) in [6.07, 6.45) is 2.21. The molecule has 0 saturated heterocycles. The first-order valence-electron chi connectivity index (χ1n) is 10.3. The summed E-state index contributed by atoms with van der Waals surface area (Å²) in [6.45, 7) is 3.89. The van der Waals surface area contributed by atoms with Crippen molar-refractivity contribution in [3.8, 4) is 0 Å². The number of hydrazine groups is 1. The second kappa shape index (κ2) is 21.1. The summed E-state index contributed by atoms with van der Waals surface area (Å²) >= 11 is 20.6. The Morgan fingerprint density at radius 1 is 0.872 bits per heavy atom. The molecule has 2 aromatic carbocycles. The Morgan fingerprint density at radius 2 is 1.26 bits per heavy atom. The van der Waals surface area contributed by atoms with Crippen molar-refractivity contribution in [2.24, 2.45) is 22.4 Å². The molecule has 0 aromatic heterocycles. The Bertz CT molecular complexity index is 1200. The maximum atomic E-state index is 10.9. The Labute approximate surface area is 245 Å². The Hall–Kier alpha value is -3.89. The average Bonchev–Trinajstić information content (AvgIpc) is 2.82. The molecule has 39 heavy (non-hydrogen) atoms. The van der Waals surface area contributed by atoms with Crippen LogP contribution in [0.4, 0.5) is 11.4 Å². The molecule has 0 spiro atoms. The molecule has 0 heterocycles. The molecule has 2 aromatic rings. The summed E-state index contributed by atoms with van der Waals surface area (Å²) in [5, 5.41) is 17.3. The van der Waals surface area contributed by atoms with Crippen LogP contribution in [-0.2, 0) is 14.4 Å². The molecule has 0 bridgehead atoms. The highest BCUT2D eigenvalue weighted by Gasteiger charge is 2.03. The summed E-state index contributed by atoms with van der Waals surface area (Å²) in [4.78, 5) is 40.9. The molecule has 0 aliphatic carbocycles. The first kappa shape index (κ1) is 37.3. The number of aldehydes is 1. The lowest BCUT2D eigenvalue weighted by molar-refractivity contribution is -0.134. The predicted molar refractivity (Wildman–Crippen MR) is 162 cm³/mol. The van der Waals surface area contributed by atoms with Crippen LogP contribution in [0.25, 0.3) is 0 Å². The van der Waals surface area contributed by atoms with E-state index in [0.29, 0.717) is 33.3 Å². The van der Waals surface area contributed by atoms with Crippen molar-refractivity contribution >= 4 is 99.5 Å². The number of amides is 2. The lowest BCUT2D eigenvalue weighted by Crippen LogP contribution is -2.34. The highest BCUT2D eigenvalue weighted by Crippen LogP contribution is 2.23. The van der Waals surface area contributed by atoms with E-state index in [-0.39, 0.29) is 22.0 Å². The normalized spacial score (nSPS) is 9.08. The molecule has 13 nitrogen and oxygen atoms in total. The number of hydrazone groups is 1. The summed E-state index contributed by atoms with van der Waals surface area (Å²) < 4.78 is 0. The van der Waals surface area contributed by atoms with E-state index in [1.807, 2.05) is 5.43 Å². The van der Waals surface area contributed by atoms with E-state index >= 15 is 0 Å². The number of hydrogen-bond donors (Lipinski definition) is 8. The monoisotopic (exact) mass is 618 g/mol. The molecular weight excluding hydrogens is 591 g/mol. The minimum absolute atomic E-state index is 0.0854. The van der Waals surface area contributed by atoms with Gasteiger partial charge in [-0.05, 0) is 60.3 Å². The number of carboxylic acid groups (broad SMARTS) is 1. The smallest absolute Gasteiger partial charge is 0.300 e. The first-order valence-corrected chi connectivity index (χ1v) is 11.8. The number of anilines is 2. The van der Waals surface area contributed by atoms with Crippen molar-refractivity contribution in [1.82, 2.24) is 10.9 Å². The number of halogens is 2. The molecule has 11 N–H and O–H groups in total. The van der Waals surface area contributed by atoms with E-state index in [9.17, 15) is 14.4 Å². The molecule has 2 amide bonds. The van der Waals surface area contributed by atoms with E-state index in [2.05, 4.69) is 51.4 Å². The standard InChI is InChI=1S/C10H11ClN4OS.C9H8ClNO2.C2H4O2.CH5N3S/c1-6(16)14-9-3-2-7(4-8(9)11)5-13-15-10(12)17;1-6(13)11-9-3-2-7(5-12)4-8(9)10;1-2(3)4;2-1(5)4-3/h2-5H,1H3,(H,14,16)(H3,12,15,17);2-5H,1H3,(H,11,13);1H3,(H,3,4);3H2,(H3,2,4,5)/b13-5+;;;. The maximum absolute atomic E-state index is 10.9. The number of nitrogens with one attached hydrogen (secondary N) is 4. The van der Waals surface area contributed by atoms with Crippen LogP contribution in [0.5, 0.6) is 0 Å². The molecule has 0 fully saturated rings. The second-order valence-corrected chi connectivity index (χ2v) is 8.41. The van der Waals surface area contributed by atoms with E-state index in [1.54, 1.807) is 30.3 Å². The number of carbonyl (C=O) groups excluding carboxylic acids is 3. The molecule has 0 radical (unpaired) electrons. The van der Waals surface area contributed by atoms with Gasteiger partial charge < -0.3 is 32.6 Å². The molecular formula is C22H28Cl2N8O5S2. The molecule has 0 unspecified atom stereocenters. The van der Waals surface area contributed by atoms with Crippen molar-refractivity contribution in [3.63, 3.8) is 0 Å². The van der Waals surface area contributed by atoms with Crippen LogP contribution in [0.2, 0.25) is 10.0 Å². The fraction of sp³-hybridized carbons (Fsp3) is 0.136. The van der Waals surface area contributed by atoms with Crippen LogP contribution in [-0.4, -0.2) is 45.6 Å². The zero-order chi connectivity index (χ0) is 30.5. The Kier molecular flexibility index (Phi) is 20.1. The van der Waals surface area contributed by atoms with E-state index in [1.165, 1.54) is 26.1 Å². The third-order valence-electron chi connectivity index (χ3n) is 3.27.